The highest BCUT2D eigenvalue weighted by Crippen LogP contribution is 2.10. The van der Waals surface area contributed by atoms with Gasteiger partial charge in [0, 0.05) is 11.4 Å². The number of nitrogens with zero attached hydrogens (tertiary/aromatic N) is 2. The Balaban J connectivity index is 3.08. The van der Waals surface area contributed by atoms with Crippen LogP contribution in [0.15, 0.2) is 5.38 Å². The van der Waals surface area contributed by atoms with E-state index >= 15 is 0 Å². The molecule has 0 amide bonds. The van der Waals surface area contributed by atoms with Gasteiger partial charge >= 0.3 is 0 Å². The lowest BCUT2D eigenvalue weighted by Gasteiger charge is -1.64. The molecule has 0 unspecified atom stereocenters. The first-order valence-corrected chi connectivity index (χ1v) is 3.06. The molecule has 1 aromatic heterocycles. The van der Waals surface area contributed by atoms with E-state index in [4.69, 9.17) is 10.5 Å². The molecule has 41 valence electrons. The van der Waals surface area contributed by atoms with Crippen LogP contribution in [0.25, 0.3) is 0 Å². The van der Waals surface area contributed by atoms with Crippen LogP contribution in [0.4, 0.5) is 0 Å². The molecular formula is C6HN2S. The summed E-state index contributed by atoms with van der Waals surface area (Å²) in [5.74, 6) is 0. The van der Waals surface area contributed by atoms with Crippen molar-refractivity contribution in [3.63, 3.8) is 0 Å². The van der Waals surface area contributed by atoms with Crippen LogP contribution in [0.2, 0.25) is 0 Å². The predicted octanol–water partition coefficient (Wildman–Crippen LogP) is 1.29. The van der Waals surface area contributed by atoms with Crippen molar-refractivity contribution in [1.29, 1.82) is 10.5 Å². The molecule has 0 N–H and O–H groups in total. The highest BCUT2D eigenvalue weighted by Gasteiger charge is 1.95. The molecule has 0 fully saturated rings. The standard InChI is InChI=1S/C6HN2S/c7-2-5-1-6(3-8)9-4-5/h4H. The van der Waals surface area contributed by atoms with E-state index in [2.05, 4.69) is 6.07 Å². The third-order valence-electron chi connectivity index (χ3n) is 0.765. The van der Waals surface area contributed by atoms with E-state index in [0.29, 0.717) is 10.4 Å². The second kappa shape index (κ2) is 2.30. The van der Waals surface area contributed by atoms with Crippen LogP contribution in [0, 0.1) is 28.7 Å². The van der Waals surface area contributed by atoms with Gasteiger partial charge in [0.2, 0.25) is 0 Å². The molecule has 0 aliphatic carbocycles. The lowest BCUT2D eigenvalue weighted by atomic mass is 10.3. The second-order valence-corrected chi connectivity index (χ2v) is 2.21. The van der Waals surface area contributed by atoms with Gasteiger partial charge in [0.05, 0.1) is 5.56 Å². The van der Waals surface area contributed by atoms with Crippen molar-refractivity contribution in [2.45, 2.75) is 0 Å². The minimum Gasteiger partial charge on any atom is -0.192 e. The molecule has 1 heterocycles. The topological polar surface area (TPSA) is 47.6 Å². The van der Waals surface area contributed by atoms with Crippen molar-refractivity contribution in [2.24, 2.45) is 0 Å². The molecule has 1 aromatic rings. The van der Waals surface area contributed by atoms with Gasteiger partial charge in [0.15, 0.2) is 0 Å². The summed E-state index contributed by atoms with van der Waals surface area (Å²) in [4.78, 5) is 0.464. The lowest BCUT2D eigenvalue weighted by Crippen LogP contribution is -1.61. The van der Waals surface area contributed by atoms with Crippen LogP contribution in [0.1, 0.15) is 10.4 Å². The van der Waals surface area contributed by atoms with Crippen molar-refractivity contribution in [1.82, 2.24) is 0 Å². The van der Waals surface area contributed by atoms with E-state index in [1.807, 2.05) is 12.1 Å². The Morgan fingerprint density at radius 2 is 2.22 bits per heavy atom. The van der Waals surface area contributed by atoms with Crippen LogP contribution in [0.3, 0.4) is 0 Å². The highest BCUT2D eigenvalue weighted by atomic mass is 32.1. The zero-order chi connectivity index (χ0) is 6.69. The minimum atomic E-state index is 0.441. The summed E-state index contributed by atoms with van der Waals surface area (Å²) in [6, 6.07) is 6.39. The van der Waals surface area contributed by atoms with Crippen LogP contribution in [-0.2, 0) is 0 Å². The highest BCUT2D eigenvalue weighted by molar-refractivity contribution is 7.10. The van der Waals surface area contributed by atoms with E-state index in [1.54, 1.807) is 5.38 Å². The van der Waals surface area contributed by atoms with Gasteiger partial charge in [-0.3, -0.25) is 0 Å². The van der Waals surface area contributed by atoms with Crippen LogP contribution in [-0.4, -0.2) is 0 Å². The van der Waals surface area contributed by atoms with Crippen molar-refractivity contribution < 1.29 is 0 Å². The number of hydrogen-bond acceptors (Lipinski definition) is 3. The Hall–Kier alpha value is -1.32. The Labute approximate surface area is 56.6 Å². The molecule has 0 saturated heterocycles. The summed E-state index contributed by atoms with van der Waals surface area (Å²) in [6.07, 6.45) is 0. The summed E-state index contributed by atoms with van der Waals surface area (Å²) in [6.45, 7) is 0. The Morgan fingerprint density at radius 3 is 2.56 bits per heavy atom. The largest absolute Gasteiger partial charge is 0.192 e. The number of hydrogen-bond donors (Lipinski definition) is 0. The molecule has 0 aliphatic heterocycles. The van der Waals surface area contributed by atoms with Gasteiger partial charge in [-0.15, -0.1) is 11.3 Å². The molecule has 2 nitrogen and oxygen atoms in total. The average molecular weight is 133 g/mol. The Bertz CT molecular complexity index is 258. The first-order valence-electron chi connectivity index (χ1n) is 2.18. The normalized spacial score (nSPS) is 7.78. The molecule has 1 rings (SSSR count). The Kier molecular flexibility index (Phi) is 1.48. The van der Waals surface area contributed by atoms with Crippen molar-refractivity contribution in [3.8, 4) is 12.1 Å². The quantitative estimate of drug-likeness (QED) is 0.535. The molecule has 3 heteroatoms. The molecular weight excluding hydrogens is 132 g/mol. The molecule has 9 heavy (non-hydrogen) atoms. The van der Waals surface area contributed by atoms with Crippen molar-refractivity contribution >= 4 is 11.3 Å². The molecule has 0 aliphatic rings. The second-order valence-electron chi connectivity index (χ2n) is 1.33. The SMILES string of the molecule is N#Cc1[c]c(C#N)sc1. The zero-order valence-corrected chi connectivity index (χ0v) is 5.20. The average Bonchev–Trinajstić information content (AvgIpc) is 2.34. The van der Waals surface area contributed by atoms with Gasteiger partial charge in [-0.05, 0) is 0 Å². The fourth-order valence-electron chi connectivity index (χ4n) is 0.408. The van der Waals surface area contributed by atoms with Gasteiger partial charge in [0.1, 0.15) is 17.0 Å². The molecule has 0 aromatic carbocycles. The van der Waals surface area contributed by atoms with E-state index in [9.17, 15) is 0 Å². The summed E-state index contributed by atoms with van der Waals surface area (Å²) in [7, 11) is 0. The molecule has 0 atom stereocenters. The summed E-state index contributed by atoms with van der Waals surface area (Å²) < 4.78 is 0. The lowest BCUT2D eigenvalue weighted by molar-refractivity contribution is 1.49. The first kappa shape index (κ1) is 5.81. The maximum atomic E-state index is 8.27. The van der Waals surface area contributed by atoms with E-state index < -0.39 is 0 Å². The summed E-state index contributed by atoms with van der Waals surface area (Å²) in [5, 5.41) is 18.1. The van der Waals surface area contributed by atoms with Gasteiger partial charge in [-0.1, -0.05) is 0 Å². The van der Waals surface area contributed by atoms with Gasteiger partial charge in [-0.25, -0.2) is 0 Å². The fraction of sp³-hybridized carbons (Fsp3) is 0. The van der Waals surface area contributed by atoms with Crippen molar-refractivity contribution in [3.05, 3.63) is 21.9 Å². The van der Waals surface area contributed by atoms with E-state index in [0.717, 1.165) is 0 Å². The first-order chi connectivity index (χ1) is 4.36. The van der Waals surface area contributed by atoms with Crippen molar-refractivity contribution in [2.75, 3.05) is 0 Å². The van der Waals surface area contributed by atoms with Crippen LogP contribution < -0.4 is 0 Å². The summed E-state index contributed by atoms with van der Waals surface area (Å²) in [5.41, 5.74) is 0.441. The smallest absolute Gasteiger partial charge is 0.114 e. The maximum absolute atomic E-state index is 8.27. The fourth-order valence-corrected chi connectivity index (χ4v) is 0.977. The van der Waals surface area contributed by atoms with Gasteiger partial charge < -0.3 is 0 Å². The van der Waals surface area contributed by atoms with Gasteiger partial charge in [0.25, 0.3) is 0 Å². The number of rotatable bonds is 0. The monoisotopic (exact) mass is 133 g/mol. The summed E-state index contributed by atoms with van der Waals surface area (Å²) >= 11 is 1.23. The minimum absolute atomic E-state index is 0.441. The maximum Gasteiger partial charge on any atom is 0.114 e. The van der Waals surface area contributed by atoms with Crippen LogP contribution in [0.5, 0.6) is 0 Å². The zero-order valence-electron chi connectivity index (χ0n) is 4.38. The molecule has 0 spiro atoms. The van der Waals surface area contributed by atoms with Crippen LogP contribution >= 0.6 is 11.3 Å². The molecule has 1 radical (unpaired) electrons. The predicted molar refractivity (Wildman–Crippen MR) is 32.6 cm³/mol. The molecule has 0 bridgehead atoms. The number of nitriles is 2. The van der Waals surface area contributed by atoms with Gasteiger partial charge in [-0.2, -0.15) is 10.5 Å². The molecule has 0 saturated carbocycles. The Morgan fingerprint density at radius 1 is 1.44 bits per heavy atom. The van der Waals surface area contributed by atoms with E-state index in [-0.39, 0.29) is 0 Å². The van der Waals surface area contributed by atoms with E-state index in [1.165, 1.54) is 11.3 Å². The third-order valence-corrected chi connectivity index (χ3v) is 1.55. The third kappa shape index (κ3) is 1.07. The number of thiophene rings is 1.